The lowest BCUT2D eigenvalue weighted by atomic mass is 10.1. The molecular weight excluding hydrogens is 345 g/mol. The van der Waals surface area contributed by atoms with Gasteiger partial charge in [0.1, 0.15) is 0 Å². The van der Waals surface area contributed by atoms with Gasteiger partial charge in [-0.05, 0) is 55.7 Å². The molecular formula is C18H23Cl2N3O. The Morgan fingerprint density at radius 1 is 1.08 bits per heavy atom. The molecule has 0 unspecified atom stereocenters. The van der Waals surface area contributed by atoms with Crippen LogP contribution in [0.1, 0.15) is 28.8 Å². The van der Waals surface area contributed by atoms with Crippen molar-refractivity contribution >= 4 is 47.8 Å². The predicted octanol–water partition coefficient (Wildman–Crippen LogP) is 4.27. The molecule has 6 heteroatoms. The van der Waals surface area contributed by atoms with E-state index in [0.29, 0.717) is 11.3 Å². The first-order valence-electron chi connectivity index (χ1n) is 7.66. The number of hydrogen-bond donors (Lipinski definition) is 2. The first kappa shape index (κ1) is 20.1. The molecule has 130 valence electrons. The van der Waals surface area contributed by atoms with Crippen LogP contribution in [0.5, 0.6) is 0 Å². The molecule has 0 atom stereocenters. The van der Waals surface area contributed by atoms with E-state index in [1.54, 1.807) is 12.1 Å². The fraction of sp³-hybridized carbons (Fsp3) is 0.278. The quantitative estimate of drug-likeness (QED) is 0.796. The molecule has 3 N–H and O–H groups in total. The van der Waals surface area contributed by atoms with Crippen molar-refractivity contribution in [2.45, 2.75) is 19.8 Å². The minimum absolute atomic E-state index is 0. The maximum Gasteiger partial charge on any atom is 0.256 e. The van der Waals surface area contributed by atoms with E-state index in [0.717, 1.165) is 24.3 Å². The highest BCUT2D eigenvalue weighted by Gasteiger charge is 2.14. The molecule has 0 saturated carbocycles. The molecule has 0 aliphatic carbocycles. The van der Waals surface area contributed by atoms with Crippen LogP contribution in [0.4, 0.5) is 17.1 Å². The Kier molecular flexibility index (Phi) is 7.39. The second-order valence-electron chi connectivity index (χ2n) is 5.77. The summed E-state index contributed by atoms with van der Waals surface area (Å²) in [6.45, 7) is 4.09. The monoisotopic (exact) mass is 367 g/mol. The van der Waals surface area contributed by atoms with Crippen LogP contribution < -0.4 is 16.0 Å². The molecule has 3 rings (SSSR count). The number of benzene rings is 2. The number of carbonyl (C=O) groups is 1. The van der Waals surface area contributed by atoms with Crippen molar-refractivity contribution in [2.24, 2.45) is 0 Å². The number of aryl methyl sites for hydroxylation is 1. The molecule has 0 radical (unpaired) electrons. The number of nitrogens with zero attached hydrogens (tertiary/aromatic N) is 1. The van der Waals surface area contributed by atoms with Crippen molar-refractivity contribution in [3.8, 4) is 0 Å². The highest BCUT2D eigenvalue weighted by Crippen LogP contribution is 2.24. The Hall–Kier alpha value is -1.91. The van der Waals surface area contributed by atoms with E-state index in [1.165, 1.54) is 18.5 Å². The molecule has 1 aliphatic heterocycles. The fourth-order valence-corrected chi connectivity index (χ4v) is 2.84. The fourth-order valence-electron chi connectivity index (χ4n) is 2.84. The van der Waals surface area contributed by atoms with Gasteiger partial charge in [0.2, 0.25) is 0 Å². The van der Waals surface area contributed by atoms with E-state index in [4.69, 9.17) is 5.73 Å². The minimum atomic E-state index is -0.122. The van der Waals surface area contributed by atoms with Crippen molar-refractivity contribution in [1.82, 2.24) is 0 Å². The number of halogens is 2. The summed E-state index contributed by atoms with van der Waals surface area (Å²) in [5.74, 6) is -0.122. The predicted molar refractivity (Wildman–Crippen MR) is 106 cm³/mol. The van der Waals surface area contributed by atoms with Gasteiger partial charge < -0.3 is 16.0 Å². The molecule has 1 amide bonds. The van der Waals surface area contributed by atoms with Gasteiger partial charge >= 0.3 is 0 Å². The Bertz CT molecular complexity index is 700. The van der Waals surface area contributed by atoms with Gasteiger partial charge in [0.15, 0.2) is 0 Å². The van der Waals surface area contributed by atoms with Crippen molar-refractivity contribution in [3.63, 3.8) is 0 Å². The summed E-state index contributed by atoms with van der Waals surface area (Å²) in [6.07, 6.45) is 2.47. The summed E-state index contributed by atoms with van der Waals surface area (Å²) < 4.78 is 0. The maximum atomic E-state index is 12.4. The number of anilines is 3. The van der Waals surface area contributed by atoms with Crippen LogP contribution >= 0.6 is 24.8 Å². The summed E-state index contributed by atoms with van der Waals surface area (Å²) in [7, 11) is 0. The third-order valence-corrected chi connectivity index (χ3v) is 4.08. The zero-order valence-corrected chi connectivity index (χ0v) is 15.3. The first-order chi connectivity index (χ1) is 10.6. The Balaban J connectivity index is 0.00000144. The molecule has 0 aromatic heterocycles. The minimum Gasteiger partial charge on any atom is -0.399 e. The zero-order chi connectivity index (χ0) is 15.5. The molecule has 0 spiro atoms. The lowest BCUT2D eigenvalue weighted by molar-refractivity contribution is 0.102. The van der Waals surface area contributed by atoms with Gasteiger partial charge in [-0.3, -0.25) is 4.79 Å². The van der Waals surface area contributed by atoms with Gasteiger partial charge in [-0.15, -0.1) is 24.8 Å². The van der Waals surface area contributed by atoms with Crippen molar-refractivity contribution in [3.05, 3.63) is 53.6 Å². The van der Waals surface area contributed by atoms with E-state index in [1.807, 2.05) is 31.2 Å². The van der Waals surface area contributed by atoms with Gasteiger partial charge in [0.25, 0.3) is 5.91 Å². The van der Waals surface area contributed by atoms with Crippen LogP contribution in [-0.4, -0.2) is 19.0 Å². The number of rotatable bonds is 3. The average molecular weight is 368 g/mol. The van der Waals surface area contributed by atoms with Crippen LogP contribution in [0.25, 0.3) is 0 Å². The lowest BCUT2D eigenvalue weighted by Gasteiger charge is -2.18. The highest BCUT2D eigenvalue weighted by molar-refractivity contribution is 6.06. The maximum absolute atomic E-state index is 12.4. The molecule has 2 aromatic carbocycles. The van der Waals surface area contributed by atoms with Gasteiger partial charge in [-0.1, -0.05) is 12.1 Å². The summed E-state index contributed by atoms with van der Waals surface area (Å²) in [6, 6.07) is 13.4. The summed E-state index contributed by atoms with van der Waals surface area (Å²) in [5.41, 5.74) is 9.90. The van der Waals surface area contributed by atoms with E-state index in [-0.39, 0.29) is 30.7 Å². The van der Waals surface area contributed by atoms with Crippen molar-refractivity contribution in [1.29, 1.82) is 0 Å². The van der Waals surface area contributed by atoms with Crippen LogP contribution in [0.15, 0.2) is 42.5 Å². The summed E-state index contributed by atoms with van der Waals surface area (Å²) in [4.78, 5) is 14.8. The second kappa shape index (κ2) is 8.81. The van der Waals surface area contributed by atoms with Gasteiger partial charge in [0, 0.05) is 35.7 Å². The van der Waals surface area contributed by atoms with Crippen LogP contribution in [0.2, 0.25) is 0 Å². The Labute approximate surface area is 155 Å². The van der Waals surface area contributed by atoms with E-state index in [2.05, 4.69) is 16.3 Å². The van der Waals surface area contributed by atoms with E-state index < -0.39 is 0 Å². The van der Waals surface area contributed by atoms with Crippen molar-refractivity contribution < 1.29 is 4.79 Å². The molecule has 0 bridgehead atoms. The van der Waals surface area contributed by atoms with E-state index >= 15 is 0 Å². The third kappa shape index (κ3) is 4.56. The van der Waals surface area contributed by atoms with Crippen molar-refractivity contribution in [2.75, 3.05) is 29.0 Å². The topological polar surface area (TPSA) is 58.4 Å². The highest BCUT2D eigenvalue weighted by atomic mass is 35.5. The largest absolute Gasteiger partial charge is 0.399 e. The molecule has 1 fully saturated rings. The SMILES string of the molecule is Cc1ccc(N)cc1C(=O)Nc1cccc(N2CCCC2)c1.Cl.Cl. The first-order valence-corrected chi connectivity index (χ1v) is 7.66. The van der Waals surface area contributed by atoms with Crippen LogP contribution in [0, 0.1) is 6.92 Å². The van der Waals surface area contributed by atoms with Crippen LogP contribution in [0.3, 0.4) is 0 Å². The number of hydrogen-bond acceptors (Lipinski definition) is 3. The summed E-state index contributed by atoms with van der Waals surface area (Å²) >= 11 is 0. The third-order valence-electron chi connectivity index (χ3n) is 4.08. The molecule has 1 saturated heterocycles. The number of carbonyl (C=O) groups excluding carboxylic acids is 1. The number of amides is 1. The van der Waals surface area contributed by atoms with Gasteiger partial charge in [0.05, 0.1) is 0 Å². The molecule has 1 aliphatic rings. The van der Waals surface area contributed by atoms with Gasteiger partial charge in [-0.25, -0.2) is 0 Å². The lowest BCUT2D eigenvalue weighted by Crippen LogP contribution is -2.18. The van der Waals surface area contributed by atoms with Crippen LogP contribution in [-0.2, 0) is 0 Å². The molecule has 2 aromatic rings. The molecule has 24 heavy (non-hydrogen) atoms. The van der Waals surface area contributed by atoms with Gasteiger partial charge in [-0.2, -0.15) is 0 Å². The Morgan fingerprint density at radius 2 is 1.79 bits per heavy atom. The average Bonchev–Trinajstić information content (AvgIpc) is 3.04. The number of nitrogens with one attached hydrogen (secondary N) is 1. The number of nitrogen functional groups attached to an aromatic ring is 1. The standard InChI is InChI=1S/C18H21N3O.2ClH/c1-13-7-8-14(19)11-17(13)18(22)20-15-5-4-6-16(12-15)21-9-2-3-10-21;;/h4-8,11-12H,2-3,9-10,19H2,1H3,(H,20,22);2*1H. The molecule has 4 nitrogen and oxygen atoms in total. The summed E-state index contributed by atoms with van der Waals surface area (Å²) in [5, 5.41) is 2.97. The van der Waals surface area contributed by atoms with E-state index in [9.17, 15) is 4.79 Å². The second-order valence-corrected chi connectivity index (χ2v) is 5.77. The molecule has 1 heterocycles. The number of nitrogens with two attached hydrogens (primary N) is 1. The zero-order valence-electron chi connectivity index (χ0n) is 13.6. The smallest absolute Gasteiger partial charge is 0.256 e. The normalized spacial score (nSPS) is 13.0. The Morgan fingerprint density at radius 3 is 2.50 bits per heavy atom.